The van der Waals surface area contributed by atoms with Gasteiger partial charge >= 0.3 is 11.9 Å². The minimum Gasteiger partial charge on any atom is -0.506 e. The van der Waals surface area contributed by atoms with E-state index in [9.17, 15) is 14.7 Å². The Bertz CT molecular complexity index is 947. The predicted octanol–water partition coefficient (Wildman–Crippen LogP) is 3.04. The van der Waals surface area contributed by atoms with Gasteiger partial charge in [-0.25, -0.2) is 9.59 Å². The lowest BCUT2D eigenvalue weighted by Gasteiger charge is -2.03. The van der Waals surface area contributed by atoms with Crippen molar-refractivity contribution in [2.24, 2.45) is 0 Å². The fourth-order valence-corrected chi connectivity index (χ4v) is 2.08. The van der Waals surface area contributed by atoms with Crippen LogP contribution in [0.4, 0.5) is 0 Å². The van der Waals surface area contributed by atoms with E-state index in [0.717, 1.165) is 17.5 Å². The Balaban J connectivity index is 0.000000186. The molecule has 0 atom stereocenters. The Morgan fingerprint density at radius 3 is 2.00 bits per heavy atom. The largest absolute Gasteiger partial charge is 0.506 e. The number of carboxylic acid groups (broad SMARTS) is 2. The molecule has 25 heavy (non-hydrogen) atoms. The number of carbonyl (C=O) groups is 2. The van der Waals surface area contributed by atoms with Crippen LogP contribution in [0.15, 0.2) is 54.6 Å². The van der Waals surface area contributed by atoms with Gasteiger partial charge in [0.15, 0.2) is 11.5 Å². The zero-order valence-electron chi connectivity index (χ0n) is 12.7. The second-order valence-electron chi connectivity index (χ2n) is 5.00. The third-order valence-corrected chi connectivity index (χ3v) is 3.35. The molecule has 0 aliphatic carbocycles. The topological polar surface area (TPSA) is 135 Å². The summed E-state index contributed by atoms with van der Waals surface area (Å²) in [5.41, 5.74) is -0.121. The molecule has 0 bridgehead atoms. The summed E-state index contributed by atoms with van der Waals surface area (Å²) in [5, 5.41) is 45.8. The van der Waals surface area contributed by atoms with Gasteiger partial charge in [0.1, 0.15) is 11.3 Å². The third-order valence-electron chi connectivity index (χ3n) is 3.35. The van der Waals surface area contributed by atoms with E-state index in [1.807, 2.05) is 12.1 Å². The number of fused-ring (bicyclic) bond motifs is 1. The molecule has 0 unspecified atom stereocenters. The van der Waals surface area contributed by atoms with Crippen LogP contribution in [0, 0.1) is 0 Å². The SMILES string of the molecule is O=C(O)c1ccc(O)c(O)c1.O=C(O)c1ccc2ccccc2c1O. The quantitative estimate of drug-likeness (QED) is 0.452. The van der Waals surface area contributed by atoms with Gasteiger partial charge < -0.3 is 25.5 Å². The van der Waals surface area contributed by atoms with Crippen LogP contribution in [-0.4, -0.2) is 37.5 Å². The summed E-state index contributed by atoms with van der Waals surface area (Å²) in [5.74, 6) is -3.18. The number of hydrogen-bond donors (Lipinski definition) is 5. The highest BCUT2D eigenvalue weighted by Crippen LogP contribution is 2.28. The van der Waals surface area contributed by atoms with Crippen LogP contribution >= 0.6 is 0 Å². The van der Waals surface area contributed by atoms with Crippen LogP contribution in [0.2, 0.25) is 0 Å². The molecule has 7 nitrogen and oxygen atoms in total. The molecule has 0 radical (unpaired) electrons. The van der Waals surface area contributed by atoms with Gasteiger partial charge in [0.2, 0.25) is 0 Å². The number of aromatic hydroxyl groups is 3. The molecule has 0 aliphatic rings. The van der Waals surface area contributed by atoms with Crippen molar-refractivity contribution in [3.8, 4) is 17.2 Å². The molecule has 0 saturated carbocycles. The van der Waals surface area contributed by atoms with Crippen LogP contribution in [0.5, 0.6) is 17.2 Å². The molecule has 0 amide bonds. The second kappa shape index (κ2) is 7.22. The van der Waals surface area contributed by atoms with Crippen molar-refractivity contribution in [1.82, 2.24) is 0 Å². The first-order valence-corrected chi connectivity index (χ1v) is 7.00. The summed E-state index contributed by atoms with van der Waals surface area (Å²) >= 11 is 0. The van der Waals surface area contributed by atoms with Gasteiger partial charge in [0.25, 0.3) is 0 Å². The van der Waals surface area contributed by atoms with Crippen LogP contribution < -0.4 is 0 Å². The maximum absolute atomic E-state index is 10.7. The maximum atomic E-state index is 10.7. The van der Waals surface area contributed by atoms with Gasteiger partial charge in [-0.2, -0.15) is 0 Å². The van der Waals surface area contributed by atoms with Crippen molar-refractivity contribution < 1.29 is 35.1 Å². The number of phenols is 3. The molecule has 0 aromatic heterocycles. The van der Waals surface area contributed by atoms with Crippen molar-refractivity contribution in [3.63, 3.8) is 0 Å². The van der Waals surface area contributed by atoms with Crippen LogP contribution in [0.3, 0.4) is 0 Å². The molecule has 5 N–H and O–H groups in total. The maximum Gasteiger partial charge on any atom is 0.339 e. The monoisotopic (exact) mass is 342 g/mol. The Morgan fingerprint density at radius 2 is 1.40 bits per heavy atom. The van der Waals surface area contributed by atoms with Crippen molar-refractivity contribution in [3.05, 3.63) is 65.7 Å². The average molecular weight is 342 g/mol. The number of phenolic OH excluding ortho intramolecular Hbond substituents is 2. The van der Waals surface area contributed by atoms with Crippen molar-refractivity contribution in [2.45, 2.75) is 0 Å². The summed E-state index contributed by atoms with van der Waals surface area (Å²) in [4.78, 5) is 21.0. The van der Waals surface area contributed by atoms with Crippen LogP contribution in [0.25, 0.3) is 10.8 Å². The zero-order valence-corrected chi connectivity index (χ0v) is 12.7. The zero-order chi connectivity index (χ0) is 18.6. The van der Waals surface area contributed by atoms with Gasteiger partial charge in [0, 0.05) is 5.39 Å². The van der Waals surface area contributed by atoms with Gasteiger partial charge in [-0.3, -0.25) is 0 Å². The first kappa shape index (κ1) is 17.6. The van der Waals surface area contributed by atoms with Crippen molar-refractivity contribution >= 4 is 22.7 Å². The molecule has 7 heteroatoms. The molecule has 0 saturated heterocycles. The molecule has 128 valence electrons. The standard InChI is InChI=1S/C11H8O3.C7H6O4/c12-10-8-4-2-1-3-7(8)5-6-9(10)11(13)14;8-5-2-1-4(7(10)11)3-6(5)9/h1-6,12H,(H,13,14);1-3,8-9H,(H,10,11). The molecule has 0 heterocycles. The molecular formula is C18H14O7. The van der Waals surface area contributed by atoms with E-state index in [2.05, 4.69) is 0 Å². The minimum atomic E-state index is -1.14. The molecule has 3 aromatic rings. The fraction of sp³-hybridized carbons (Fsp3) is 0. The van der Waals surface area contributed by atoms with E-state index in [0.29, 0.717) is 5.39 Å². The van der Waals surface area contributed by atoms with Gasteiger partial charge in [-0.15, -0.1) is 0 Å². The first-order chi connectivity index (χ1) is 11.8. The van der Waals surface area contributed by atoms with E-state index < -0.39 is 17.7 Å². The minimum absolute atomic E-state index is 0.0553. The van der Waals surface area contributed by atoms with E-state index >= 15 is 0 Å². The normalized spacial score (nSPS) is 9.92. The molecule has 3 aromatic carbocycles. The smallest absolute Gasteiger partial charge is 0.339 e. The second-order valence-corrected chi connectivity index (χ2v) is 5.00. The Hall–Kier alpha value is -3.74. The highest BCUT2D eigenvalue weighted by atomic mass is 16.4. The van der Waals surface area contributed by atoms with Crippen LogP contribution in [-0.2, 0) is 0 Å². The van der Waals surface area contributed by atoms with Gasteiger partial charge in [-0.05, 0) is 29.7 Å². The van der Waals surface area contributed by atoms with Crippen molar-refractivity contribution in [1.29, 1.82) is 0 Å². The van der Waals surface area contributed by atoms with E-state index in [4.69, 9.17) is 20.4 Å². The number of aromatic carboxylic acids is 2. The number of benzene rings is 3. The molecule has 0 aliphatic heterocycles. The highest BCUT2D eigenvalue weighted by molar-refractivity contribution is 6.00. The van der Waals surface area contributed by atoms with Crippen LogP contribution in [0.1, 0.15) is 20.7 Å². The van der Waals surface area contributed by atoms with E-state index in [1.54, 1.807) is 18.2 Å². The molecule has 0 spiro atoms. The lowest BCUT2D eigenvalue weighted by atomic mass is 10.1. The Labute approximate surface area is 141 Å². The average Bonchev–Trinajstić information content (AvgIpc) is 2.58. The predicted molar refractivity (Wildman–Crippen MR) is 89.3 cm³/mol. The summed E-state index contributed by atoms with van der Waals surface area (Å²) in [7, 11) is 0. The summed E-state index contributed by atoms with van der Waals surface area (Å²) < 4.78 is 0. The molecule has 3 rings (SSSR count). The van der Waals surface area contributed by atoms with Gasteiger partial charge in [-0.1, -0.05) is 30.3 Å². The summed E-state index contributed by atoms with van der Waals surface area (Å²) in [6.07, 6.45) is 0. The molecular weight excluding hydrogens is 328 g/mol. The fourth-order valence-electron chi connectivity index (χ4n) is 2.08. The van der Waals surface area contributed by atoms with Gasteiger partial charge in [0.05, 0.1) is 5.56 Å². The number of carboxylic acids is 2. The Kier molecular flexibility index (Phi) is 5.09. The highest BCUT2D eigenvalue weighted by Gasteiger charge is 2.11. The number of rotatable bonds is 2. The lowest BCUT2D eigenvalue weighted by Crippen LogP contribution is -1.96. The van der Waals surface area contributed by atoms with Crippen molar-refractivity contribution in [2.75, 3.05) is 0 Å². The number of hydrogen-bond acceptors (Lipinski definition) is 5. The van der Waals surface area contributed by atoms with E-state index in [-0.39, 0.29) is 22.6 Å². The van der Waals surface area contributed by atoms with E-state index in [1.165, 1.54) is 12.1 Å². The summed E-state index contributed by atoms with van der Waals surface area (Å²) in [6.45, 7) is 0. The first-order valence-electron chi connectivity index (χ1n) is 7.00. The third kappa shape index (κ3) is 3.97. The summed E-state index contributed by atoms with van der Waals surface area (Å²) in [6, 6.07) is 13.5. The Morgan fingerprint density at radius 1 is 0.720 bits per heavy atom. The lowest BCUT2D eigenvalue weighted by molar-refractivity contribution is 0.0684. The molecule has 0 fully saturated rings.